The minimum absolute atomic E-state index is 0.163. The van der Waals surface area contributed by atoms with Gasteiger partial charge in [-0.3, -0.25) is 0 Å². The average Bonchev–Trinajstić information content (AvgIpc) is 2.97. The van der Waals surface area contributed by atoms with Gasteiger partial charge in [0, 0.05) is 12.5 Å². The van der Waals surface area contributed by atoms with Crippen LogP contribution >= 0.6 is 0 Å². The smallest absolute Gasteiger partial charge is 0.201 e. The molecule has 5 heteroatoms. The van der Waals surface area contributed by atoms with E-state index in [4.69, 9.17) is 4.42 Å². The Balaban J connectivity index is 1.74. The van der Waals surface area contributed by atoms with Crippen molar-refractivity contribution in [2.24, 2.45) is 0 Å². The highest BCUT2D eigenvalue weighted by Crippen LogP contribution is 2.16. The van der Waals surface area contributed by atoms with Crippen LogP contribution in [0, 0.1) is 5.82 Å². The van der Waals surface area contributed by atoms with Crippen molar-refractivity contribution < 1.29 is 8.81 Å². The van der Waals surface area contributed by atoms with E-state index in [1.54, 1.807) is 12.3 Å². The molecule has 4 nitrogen and oxygen atoms in total. The summed E-state index contributed by atoms with van der Waals surface area (Å²) in [5.74, 6) is 1.29. The Kier molecular flexibility index (Phi) is 2.95. The molecule has 0 spiro atoms. The van der Waals surface area contributed by atoms with Crippen molar-refractivity contribution in [3.8, 4) is 0 Å². The van der Waals surface area contributed by atoms with E-state index in [9.17, 15) is 4.39 Å². The van der Waals surface area contributed by atoms with Crippen LogP contribution in [0.2, 0.25) is 0 Å². The SMILES string of the molecule is CC(Cc1ccco1)Nc1nc2ccc(F)cc2[nH]1. The minimum atomic E-state index is -0.272. The number of aromatic amines is 1. The Morgan fingerprint density at radius 3 is 3.11 bits per heavy atom. The molecule has 0 saturated carbocycles. The number of nitrogens with zero attached hydrogens (tertiary/aromatic N) is 1. The van der Waals surface area contributed by atoms with Crippen LogP contribution in [-0.4, -0.2) is 16.0 Å². The molecule has 1 aromatic carbocycles. The van der Waals surface area contributed by atoms with Gasteiger partial charge >= 0.3 is 0 Å². The fourth-order valence-electron chi connectivity index (χ4n) is 2.07. The van der Waals surface area contributed by atoms with Crippen LogP contribution in [0.5, 0.6) is 0 Å². The largest absolute Gasteiger partial charge is 0.469 e. The van der Waals surface area contributed by atoms with Gasteiger partial charge in [-0.15, -0.1) is 0 Å². The molecule has 2 N–H and O–H groups in total. The summed E-state index contributed by atoms with van der Waals surface area (Å²) in [6.45, 7) is 2.04. The van der Waals surface area contributed by atoms with Gasteiger partial charge in [-0.1, -0.05) is 0 Å². The van der Waals surface area contributed by atoms with Gasteiger partial charge in [-0.2, -0.15) is 0 Å². The number of fused-ring (bicyclic) bond motifs is 1. The topological polar surface area (TPSA) is 53.9 Å². The molecule has 3 rings (SSSR count). The standard InChI is InChI=1S/C14H14FN3O/c1-9(7-11-3-2-6-19-11)16-14-17-12-5-4-10(15)8-13(12)18-14/h2-6,8-9H,7H2,1H3,(H2,16,17,18). The van der Waals surface area contributed by atoms with E-state index in [1.807, 2.05) is 19.1 Å². The van der Waals surface area contributed by atoms with E-state index in [2.05, 4.69) is 15.3 Å². The lowest BCUT2D eigenvalue weighted by atomic mass is 10.2. The maximum atomic E-state index is 13.1. The Hall–Kier alpha value is -2.30. The number of rotatable bonds is 4. The lowest BCUT2D eigenvalue weighted by Crippen LogP contribution is -2.18. The Morgan fingerprint density at radius 1 is 1.42 bits per heavy atom. The molecule has 0 aliphatic carbocycles. The molecule has 0 saturated heterocycles. The Bertz CT molecular complexity index is 675. The predicted molar refractivity (Wildman–Crippen MR) is 71.5 cm³/mol. The Labute approximate surface area is 109 Å². The molecule has 0 fully saturated rings. The Morgan fingerprint density at radius 2 is 2.32 bits per heavy atom. The van der Waals surface area contributed by atoms with Crippen molar-refractivity contribution in [3.63, 3.8) is 0 Å². The van der Waals surface area contributed by atoms with Crippen LogP contribution in [0.1, 0.15) is 12.7 Å². The van der Waals surface area contributed by atoms with Crippen LogP contribution in [0.4, 0.5) is 10.3 Å². The van der Waals surface area contributed by atoms with E-state index in [0.717, 1.165) is 17.7 Å². The van der Waals surface area contributed by atoms with Crippen LogP contribution in [0.15, 0.2) is 41.0 Å². The number of imidazole rings is 1. The van der Waals surface area contributed by atoms with Gasteiger partial charge < -0.3 is 14.7 Å². The summed E-state index contributed by atoms with van der Waals surface area (Å²) in [6, 6.07) is 8.46. The molecule has 1 atom stereocenters. The van der Waals surface area contributed by atoms with Gasteiger partial charge in [0.25, 0.3) is 0 Å². The van der Waals surface area contributed by atoms with E-state index < -0.39 is 0 Å². The molecule has 19 heavy (non-hydrogen) atoms. The summed E-state index contributed by atoms with van der Waals surface area (Å²) in [4.78, 5) is 7.41. The molecule has 0 aliphatic rings. The molecule has 0 amide bonds. The maximum Gasteiger partial charge on any atom is 0.201 e. The zero-order valence-electron chi connectivity index (χ0n) is 10.5. The van der Waals surface area contributed by atoms with Gasteiger partial charge in [0.2, 0.25) is 5.95 Å². The van der Waals surface area contributed by atoms with Gasteiger partial charge in [-0.05, 0) is 37.3 Å². The minimum Gasteiger partial charge on any atom is -0.469 e. The molecule has 98 valence electrons. The van der Waals surface area contributed by atoms with Crippen molar-refractivity contribution >= 4 is 17.0 Å². The third kappa shape index (κ3) is 2.59. The number of hydrogen-bond donors (Lipinski definition) is 2. The number of benzene rings is 1. The second kappa shape index (κ2) is 4.76. The summed E-state index contributed by atoms with van der Waals surface area (Å²) >= 11 is 0. The monoisotopic (exact) mass is 259 g/mol. The first-order valence-electron chi connectivity index (χ1n) is 6.15. The van der Waals surface area contributed by atoms with E-state index in [1.165, 1.54) is 12.1 Å². The number of nitrogens with one attached hydrogen (secondary N) is 2. The summed E-state index contributed by atoms with van der Waals surface area (Å²) in [6.07, 6.45) is 2.42. The molecule has 0 aliphatic heterocycles. The molecular weight excluding hydrogens is 245 g/mol. The van der Waals surface area contributed by atoms with Crippen LogP contribution < -0.4 is 5.32 Å². The van der Waals surface area contributed by atoms with Crippen molar-refractivity contribution in [1.29, 1.82) is 0 Å². The van der Waals surface area contributed by atoms with E-state index in [0.29, 0.717) is 11.5 Å². The highest BCUT2D eigenvalue weighted by Gasteiger charge is 2.09. The number of halogens is 1. The van der Waals surface area contributed by atoms with Crippen LogP contribution in [0.25, 0.3) is 11.0 Å². The molecule has 2 heterocycles. The van der Waals surface area contributed by atoms with E-state index >= 15 is 0 Å². The second-order valence-corrected chi connectivity index (χ2v) is 4.58. The number of hydrogen-bond acceptors (Lipinski definition) is 3. The predicted octanol–water partition coefficient (Wildman–Crippen LogP) is 3.34. The van der Waals surface area contributed by atoms with Crippen LogP contribution in [-0.2, 0) is 6.42 Å². The summed E-state index contributed by atoms with van der Waals surface area (Å²) < 4.78 is 18.4. The third-order valence-corrected chi connectivity index (χ3v) is 2.91. The van der Waals surface area contributed by atoms with Crippen molar-refractivity contribution in [1.82, 2.24) is 9.97 Å². The first kappa shape index (κ1) is 11.8. The molecule has 0 bridgehead atoms. The summed E-state index contributed by atoms with van der Waals surface area (Å²) in [5.41, 5.74) is 1.43. The average molecular weight is 259 g/mol. The van der Waals surface area contributed by atoms with Crippen molar-refractivity contribution in [2.45, 2.75) is 19.4 Å². The third-order valence-electron chi connectivity index (χ3n) is 2.91. The summed E-state index contributed by atoms with van der Waals surface area (Å²) in [5, 5.41) is 3.24. The highest BCUT2D eigenvalue weighted by molar-refractivity contribution is 5.77. The fraction of sp³-hybridized carbons (Fsp3) is 0.214. The van der Waals surface area contributed by atoms with Gasteiger partial charge in [0.1, 0.15) is 11.6 Å². The molecule has 2 aromatic heterocycles. The van der Waals surface area contributed by atoms with Crippen molar-refractivity contribution in [2.75, 3.05) is 5.32 Å². The number of furan rings is 1. The normalized spacial score (nSPS) is 12.7. The maximum absolute atomic E-state index is 13.1. The van der Waals surface area contributed by atoms with Crippen LogP contribution in [0.3, 0.4) is 0 Å². The molecule has 3 aromatic rings. The first-order valence-corrected chi connectivity index (χ1v) is 6.15. The van der Waals surface area contributed by atoms with Gasteiger partial charge in [0.15, 0.2) is 0 Å². The lowest BCUT2D eigenvalue weighted by Gasteiger charge is -2.10. The number of anilines is 1. The number of H-pyrrole nitrogens is 1. The van der Waals surface area contributed by atoms with E-state index in [-0.39, 0.29) is 11.9 Å². The van der Waals surface area contributed by atoms with Gasteiger partial charge in [0.05, 0.1) is 17.3 Å². The highest BCUT2D eigenvalue weighted by atomic mass is 19.1. The summed E-state index contributed by atoms with van der Waals surface area (Å²) in [7, 11) is 0. The van der Waals surface area contributed by atoms with Crippen molar-refractivity contribution in [3.05, 3.63) is 48.2 Å². The quantitative estimate of drug-likeness (QED) is 0.755. The zero-order chi connectivity index (χ0) is 13.2. The lowest BCUT2D eigenvalue weighted by molar-refractivity contribution is 0.497. The first-order chi connectivity index (χ1) is 9.20. The fourth-order valence-corrected chi connectivity index (χ4v) is 2.07. The molecule has 1 unspecified atom stereocenters. The second-order valence-electron chi connectivity index (χ2n) is 4.58. The number of aromatic nitrogens is 2. The zero-order valence-corrected chi connectivity index (χ0v) is 10.5. The molecule has 0 radical (unpaired) electrons. The molecular formula is C14H14FN3O. The van der Waals surface area contributed by atoms with Gasteiger partial charge in [-0.25, -0.2) is 9.37 Å².